The largest absolute Gasteiger partial charge is 0.573 e. The summed E-state index contributed by atoms with van der Waals surface area (Å²) in [5.74, 6) is -0.969. The van der Waals surface area contributed by atoms with Gasteiger partial charge in [-0.1, -0.05) is 0 Å². The summed E-state index contributed by atoms with van der Waals surface area (Å²) in [6, 6.07) is 7.69. The van der Waals surface area contributed by atoms with Crippen LogP contribution >= 0.6 is 0 Å². The van der Waals surface area contributed by atoms with Gasteiger partial charge >= 0.3 is 12.0 Å². The Bertz CT molecular complexity index is 1130. The van der Waals surface area contributed by atoms with Crippen molar-refractivity contribution < 1.29 is 32.2 Å². The molecule has 0 aliphatic heterocycles. The van der Waals surface area contributed by atoms with E-state index in [1.807, 2.05) is 0 Å². The lowest BCUT2D eigenvalue weighted by Crippen LogP contribution is -2.21. The van der Waals surface area contributed by atoms with Crippen LogP contribution in [-0.4, -0.2) is 17.4 Å². The lowest BCUT2D eigenvalue weighted by Gasteiger charge is -2.11. The zero-order chi connectivity index (χ0) is 21.3. The summed E-state index contributed by atoms with van der Waals surface area (Å²) in [4.78, 5) is 24.6. The molecule has 3 rings (SSSR count). The maximum Gasteiger partial charge on any atom is 0.573 e. The van der Waals surface area contributed by atoms with Crippen molar-refractivity contribution in [2.75, 3.05) is 5.32 Å². The van der Waals surface area contributed by atoms with Crippen molar-refractivity contribution >= 4 is 22.6 Å². The number of carbonyl (C=O) groups is 1. The Morgan fingerprint density at radius 1 is 1.10 bits per heavy atom. The molecule has 2 N–H and O–H groups in total. The molecule has 29 heavy (non-hydrogen) atoms. The van der Waals surface area contributed by atoms with E-state index in [0.29, 0.717) is 16.5 Å². The summed E-state index contributed by atoms with van der Waals surface area (Å²) < 4.78 is 45.6. The van der Waals surface area contributed by atoms with E-state index in [9.17, 15) is 27.9 Å². The number of alkyl halides is 3. The Kier molecular flexibility index (Phi) is 5.23. The summed E-state index contributed by atoms with van der Waals surface area (Å²) in [6.45, 7) is 3.28. The Hall–Kier alpha value is -3.49. The SMILES string of the molecule is Cc1c(CC(=O)Nc2ccc(OC(F)(F)F)cc2)c(=O)oc2c(C)c(O)ccc12. The van der Waals surface area contributed by atoms with E-state index >= 15 is 0 Å². The summed E-state index contributed by atoms with van der Waals surface area (Å²) in [7, 11) is 0. The Balaban J connectivity index is 1.80. The molecule has 152 valence electrons. The maximum atomic E-state index is 12.3. The van der Waals surface area contributed by atoms with Crippen LogP contribution in [0.25, 0.3) is 11.0 Å². The first-order valence-corrected chi connectivity index (χ1v) is 8.45. The smallest absolute Gasteiger partial charge is 0.508 e. The minimum absolute atomic E-state index is 0.0107. The van der Waals surface area contributed by atoms with Gasteiger partial charge in [0.05, 0.1) is 12.0 Å². The van der Waals surface area contributed by atoms with E-state index in [-0.39, 0.29) is 29.0 Å². The number of hydrogen-bond acceptors (Lipinski definition) is 5. The fourth-order valence-electron chi connectivity index (χ4n) is 2.89. The molecule has 1 heterocycles. The van der Waals surface area contributed by atoms with Gasteiger partial charge in [-0.3, -0.25) is 4.79 Å². The zero-order valence-corrected chi connectivity index (χ0v) is 15.4. The van der Waals surface area contributed by atoms with Gasteiger partial charge < -0.3 is 19.6 Å². The molecule has 2 aromatic carbocycles. The van der Waals surface area contributed by atoms with Crippen LogP contribution in [0.4, 0.5) is 18.9 Å². The van der Waals surface area contributed by atoms with E-state index in [0.717, 1.165) is 12.1 Å². The molecule has 0 bridgehead atoms. The minimum Gasteiger partial charge on any atom is -0.508 e. The van der Waals surface area contributed by atoms with Crippen LogP contribution in [0.2, 0.25) is 0 Å². The van der Waals surface area contributed by atoms with Crippen molar-refractivity contribution in [2.24, 2.45) is 0 Å². The lowest BCUT2D eigenvalue weighted by atomic mass is 10.0. The molecule has 1 aromatic heterocycles. The molecule has 0 aliphatic rings. The highest BCUT2D eigenvalue weighted by Crippen LogP contribution is 2.29. The summed E-state index contributed by atoms with van der Waals surface area (Å²) >= 11 is 0. The van der Waals surface area contributed by atoms with Gasteiger partial charge in [0.25, 0.3) is 0 Å². The molecule has 0 radical (unpaired) electrons. The molecule has 9 heteroatoms. The second-order valence-corrected chi connectivity index (χ2v) is 6.38. The van der Waals surface area contributed by atoms with Crippen LogP contribution in [0.5, 0.6) is 11.5 Å². The molecule has 0 unspecified atom stereocenters. The minimum atomic E-state index is -4.80. The van der Waals surface area contributed by atoms with Crippen LogP contribution in [-0.2, 0) is 11.2 Å². The van der Waals surface area contributed by atoms with E-state index in [1.54, 1.807) is 19.9 Å². The molecule has 1 amide bonds. The normalized spacial score (nSPS) is 11.5. The van der Waals surface area contributed by atoms with Gasteiger partial charge in [0.2, 0.25) is 5.91 Å². The number of halogens is 3. The van der Waals surface area contributed by atoms with Gasteiger partial charge in [0, 0.05) is 16.6 Å². The molecule has 0 aliphatic carbocycles. The average molecular weight is 407 g/mol. The number of benzene rings is 2. The third kappa shape index (κ3) is 4.50. The second-order valence-electron chi connectivity index (χ2n) is 6.38. The number of fused-ring (bicyclic) bond motifs is 1. The first-order valence-electron chi connectivity index (χ1n) is 8.45. The average Bonchev–Trinajstić information content (AvgIpc) is 2.62. The monoisotopic (exact) mass is 407 g/mol. The molecule has 0 spiro atoms. The quantitative estimate of drug-likeness (QED) is 0.633. The van der Waals surface area contributed by atoms with Crippen molar-refractivity contribution in [1.82, 2.24) is 0 Å². The van der Waals surface area contributed by atoms with Crippen molar-refractivity contribution in [1.29, 1.82) is 0 Å². The highest BCUT2D eigenvalue weighted by Gasteiger charge is 2.31. The summed E-state index contributed by atoms with van der Waals surface area (Å²) in [6.07, 6.45) is -5.09. The van der Waals surface area contributed by atoms with E-state index in [4.69, 9.17) is 4.42 Å². The van der Waals surface area contributed by atoms with Gasteiger partial charge in [-0.15, -0.1) is 13.2 Å². The van der Waals surface area contributed by atoms with Crippen LogP contribution in [0.15, 0.2) is 45.6 Å². The molecule has 0 fully saturated rings. The number of nitrogens with one attached hydrogen (secondary N) is 1. The molecule has 3 aromatic rings. The highest BCUT2D eigenvalue weighted by atomic mass is 19.4. The lowest BCUT2D eigenvalue weighted by molar-refractivity contribution is -0.274. The first kappa shape index (κ1) is 20.2. The third-order valence-corrected chi connectivity index (χ3v) is 4.38. The fourth-order valence-corrected chi connectivity index (χ4v) is 2.89. The first-order chi connectivity index (χ1) is 13.5. The van der Waals surface area contributed by atoms with Gasteiger partial charge in [-0.05, 0) is 55.8 Å². The number of anilines is 1. The van der Waals surface area contributed by atoms with Gasteiger partial charge in [0.1, 0.15) is 17.1 Å². The predicted octanol–water partition coefficient (Wildman–Crippen LogP) is 4.20. The number of rotatable bonds is 4. The number of hydrogen-bond donors (Lipinski definition) is 2. The second kappa shape index (κ2) is 7.50. The van der Waals surface area contributed by atoms with Crippen molar-refractivity contribution in [3.8, 4) is 11.5 Å². The van der Waals surface area contributed by atoms with Gasteiger partial charge in [-0.2, -0.15) is 0 Å². The van der Waals surface area contributed by atoms with Crippen LogP contribution in [0.1, 0.15) is 16.7 Å². The summed E-state index contributed by atoms with van der Waals surface area (Å²) in [5, 5.41) is 12.9. The third-order valence-electron chi connectivity index (χ3n) is 4.38. The predicted molar refractivity (Wildman–Crippen MR) is 99.1 cm³/mol. The maximum absolute atomic E-state index is 12.3. The number of aromatic hydroxyl groups is 1. The molecule has 0 atom stereocenters. The van der Waals surface area contributed by atoms with Gasteiger partial charge in [0.15, 0.2) is 0 Å². The zero-order valence-electron chi connectivity index (χ0n) is 15.4. The number of carbonyl (C=O) groups excluding carboxylic acids is 1. The number of amides is 1. The molecular formula is C20H16F3NO5. The molecule has 0 saturated heterocycles. The van der Waals surface area contributed by atoms with Crippen molar-refractivity contribution in [2.45, 2.75) is 26.6 Å². The Morgan fingerprint density at radius 2 is 1.76 bits per heavy atom. The molecular weight excluding hydrogens is 391 g/mol. The topological polar surface area (TPSA) is 88.8 Å². The van der Waals surface area contributed by atoms with Crippen molar-refractivity contribution in [3.05, 3.63) is 63.5 Å². The van der Waals surface area contributed by atoms with Crippen LogP contribution < -0.4 is 15.7 Å². The molecule has 0 saturated carbocycles. The number of phenolic OH excluding ortho intramolecular Hbond substituents is 1. The van der Waals surface area contributed by atoms with E-state index in [2.05, 4.69) is 10.1 Å². The number of ether oxygens (including phenoxy) is 1. The fraction of sp³-hybridized carbons (Fsp3) is 0.200. The Labute approximate surface area is 162 Å². The Morgan fingerprint density at radius 3 is 2.38 bits per heavy atom. The number of aryl methyl sites for hydroxylation is 2. The summed E-state index contributed by atoms with van der Waals surface area (Å²) in [5.41, 5.74) is 0.901. The standard InChI is InChI=1S/C20H16F3NO5/c1-10-14-7-8-16(25)11(2)18(14)28-19(27)15(10)9-17(26)24-12-3-5-13(6-4-12)29-20(21,22)23/h3-8,25H,9H2,1-2H3,(H,24,26). The van der Waals surface area contributed by atoms with Crippen LogP contribution in [0, 0.1) is 13.8 Å². The van der Waals surface area contributed by atoms with Gasteiger partial charge in [-0.25, -0.2) is 4.79 Å². The molecule has 6 nitrogen and oxygen atoms in total. The van der Waals surface area contributed by atoms with E-state index in [1.165, 1.54) is 18.2 Å². The van der Waals surface area contributed by atoms with Crippen LogP contribution in [0.3, 0.4) is 0 Å². The highest BCUT2D eigenvalue weighted by molar-refractivity contribution is 5.93. The van der Waals surface area contributed by atoms with E-state index < -0.39 is 23.6 Å². The van der Waals surface area contributed by atoms with Crippen molar-refractivity contribution in [3.63, 3.8) is 0 Å². The number of phenols is 1.